The summed E-state index contributed by atoms with van der Waals surface area (Å²) in [6, 6.07) is -0.273. The molecule has 0 saturated carbocycles. The fraction of sp³-hybridized carbons (Fsp3) is 0.714. The first-order chi connectivity index (χ1) is 9.51. The highest BCUT2D eigenvalue weighted by Gasteiger charge is 2.34. The lowest BCUT2D eigenvalue weighted by Gasteiger charge is -2.35. The van der Waals surface area contributed by atoms with E-state index in [1.807, 2.05) is 6.92 Å². The maximum atomic E-state index is 12.3. The van der Waals surface area contributed by atoms with E-state index in [1.165, 1.54) is 0 Å². The Morgan fingerprint density at radius 3 is 2.85 bits per heavy atom. The van der Waals surface area contributed by atoms with Crippen molar-refractivity contribution in [2.45, 2.75) is 31.9 Å². The van der Waals surface area contributed by atoms with Crippen molar-refractivity contribution in [1.82, 2.24) is 10.2 Å². The molecule has 2 rings (SSSR count). The van der Waals surface area contributed by atoms with E-state index in [0.717, 1.165) is 6.42 Å². The van der Waals surface area contributed by atoms with Crippen LogP contribution < -0.4 is 5.32 Å². The fourth-order valence-electron chi connectivity index (χ4n) is 2.94. The summed E-state index contributed by atoms with van der Waals surface area (Å²) in [4.78, 5) is 25.0. The Labute approximate surface area is 118 Å². The van der Waals surface area contributed by atoms with Gasteiger partial charge in [-0.15, -0.1) is 6.58 Å². The van der Waals surface area contributed by atoms with E-state index in [-0.39, 0.29) is 30.6 Å². The third kappa shape index (κ3) is 3.30. The average Bonchev–Trinajstić information content (AvgIpc) is 2.85. The van der Waals surface area contributed by atoms with Gasteiger partial charge in [-0.3, -0.25) is 4.79 Å². The zero-order valence-corrected chi connectivity index (χ0v) is 11.7. The molecular formula is C14H22N2O4. The summed E-state index contributed by atoms with van der Waals surface area (Å²) in [5, 5.41) is 12.1. The quantitative estimate of drug-likeness (QED) is 0.759. The normalized spacial score (nSPS) is 33.8. The molecule has 2 N–H and O–H groups in total. The first-order valence-electron chi connectivity index (χ1n) is 7.03. The van der Waals surface area contributed by atoms with Crippen LogP contribution >= 0.6 is 0 Å². The lowest BCUT2D eigenvalue weighted by atomic mass is 9.91. The SMILES string of the molecule is C=C[C@@H]1OCC[C@H]1NC(=O)N1CC(C)CC(C(=O)O)C1. The first-order valence-corrected chi connectivity index (χ1v) is 7.03. The lowest BCUT2D eigenvalue weighted by Crippen LogP contribution is -2.52. The number of nitrogens with one attached hydrogen (secondary N) is 1. The molecule has 2 aliphatic heterocycles. The summed E-state index contributed by atoms with van der Waals surface area (Å²) >= 11 is 0. The number of carbonyl (C=O) groups excluding carboxylic acids is 1. The zero-order valence-electron chi connectivity index (χ0n) is 11.7. The van der Waals surface area contributed by atoms with Gasteiger partial charge in [-0.05, 0) is 18.8 Å². The minimum Gasteiger partial charge on any atom is -0.481 e. The third-order valence-electron chi connectivity index (χ3n) is 3.97. The molecular weight excluding hydrogens is 260 g/mol. The van der Waals surface area contributed by atoms with Gasteiger partial charge in [0.15, 0.2) is 0 Å². The van der Waals surface area contributed by atoms with Crippen molar-refractivity contribution < 1.29 is 19.4 Å². The monoisotopic (exact) mass is 282 g/mol. The van der Waals surface area contributed by atoms with Crippen LogP contribution in [0, 0.1) is 11.8 Å². The van der Waals surface area contributed by atoms with E-state index in [0.29, 0.717) is 19.6 Å². The standard InChI is InChI=1S/C14H22N2O4/c1-3-12-11(4-5-20-12)15-14(19)16-7-9(2)6-10(8-16)13(17)18/h3,9-12H,1,4-8H2,2H3,(H,15,19)(H,17,18)/t9?,10?,11-,12+/m1/s1. The smallest absolute Gasteiger partial charge is 0.317 e. The van der Waals surface area contributed by atoms with E-state index in [9.17, 15) is 9.59 Å². The van der Waals surface area contributed by atoms with Crippen molar-refractivity contribution >= 4 is 12.0 Å². The molecule has 20 heavy (non-hydrogen) atoms. The van der Waals surface area contributed by atoms with E-state index in [4.69, 9.17) is 9.84 Å². The molecule has 0 radical (unpaired) electrons. The average molecular weight is 282 g/mol. The number of nitrogens with zero attached hydrogens (tertiary/aromatic N) is 1. The second-order valence-corrected chi connectivity index (χ2v) is 5.70. The Morgan fingerprint density at radius 1 is 1.45 bits per heavy atom. The molecule has 112 valence electrons. The number of likely N-dealkylation sites (tertiary alicyclic amines) is 1. The predicted octanol–water partition coefficient (Wildman–Crippen LogP) is 1.08. The third-order valence-corrected chi connectivity index (χ3v) is 3.97. The number of hydrogen-bond donors (Lipinski definition) is 2. The van der Waals surface area contributed by atoms with Gasteiger partial charge < -0.3 is 20.1 Å². The molecule has 6 heteroatoms. The van der Waals surface area contributed by atoms with Gasteiger partial charge >= 0.3 is 12.0 Å². The molecule has 2 saturated heterocycles. The maximum absolute atomic E-state index is 12.3. The summed E-state index contributed by atoms with van der Waals surface area (Å²) in [6.45, 7) is 7.15. The lowest BCUT2D eigenvalue weighted by molar-refractivity contribution is -0.143. The van der Waals surface area contributed by atoms with Crippen molar-refractivity contribution in [3.8, 4) is 0 Å². The number of carbonyl (C=O) groups is 2. The van der Waals surface area contributed by atoms with Crippen LogP contribution in [0.15, 0.2) is 12.7 Å². The molecule has 0 bridgehead atoms. The van der Waals surface area contributed by atoms with Gasteiger partial charge in [0.05, 0.1) is 18.1 Å². The number of hydrogen-bond acceptors (Lipinski definition) is 3. The molecule has 2 amide bonds. The predicted molar refractivity (Wildman–Crippen MR) is 73.4 cm³/mol. The summed E-state index contributed by atoms with van der Waals surface area (Å²) in [7, 11) is 0. The number of rotatable bonds is 3. The highest BCUT2D eigenvalue weighted by molar-refractivity contribution is 5.77. The van der Waals surface area contributed by atoms with Crippen LogP contribution in [0.4, 0.5) is 4.79 Å². The number of aliphatic carboxylic acids is 1. The molecule has 4 atom stereocenters. The molecule has 2 fully saturated rings. The van der Waals surface area contributed by atoms with Gasteiger partial charge in [0.1, 0.15) is 0 Å². The van der Waals surface area contributed by atoms with Crippen molar-refractivity contribution in [3.05, 3.63) is 12.7 Å². The van der Waals surface area contributed by atoms with E-state index in [2.05, 4.69) is 11.9 Å². The van der Waals surface area contributed by atoms with Crippen LogP contribution in [-0.2, 0) is 9.53 Å². The van der Waals surface area contributed by atoms with Crippen LogP contribution in [0.2, 0.25) is 0 Å². The topological polar surface area (TPSA) is 78.9 Å². The van der Waals surface area contributed by atoms with Gasteiger partial charge in [0, 0.05) is 19.7 Å². The van der Waals surface area contributed by atoms with Crippen LogP contribution in [-0.4, -0.2) is 53.8 Å². The Hall–Kier alpha value is -1.56. The summed E-state index contributed by atoms with van der Waals surface area (Å²) in [6.07, 6.45) is 2.92. The number of carboxylic acids is 1. The van der Waals surface area contributed by atoms with Gasteiger partial charge in [-0.2, -0.15) is 0 Å². The second kappa shape index (κ2) is 6.26. The number of ether oxygens (including phenoxy) is 1. The molecule has 2 heterocycles. The van der Waals surface area contributed by atoms with Crippen LogP contribution in [0.5, 0.6) is 0 Å². The molecule has 0 aliphatic carbocycles. The highest BCUT2D eigenvalue weighted by Crippen LogP contribution is 2.22. The molecule has 0 spiro atoms. The Balaban J connectivity index is 1.94. The number of piperidine rings is 1. The summed E-state index contributed by atoms with van der Waals surface area (Å²) in [5.41, 5.74) is 0. The molecule has 0 aromatic heterocycles. The van der Waals surface area contributed by atoms with Crippen molar-refractivity contribution in [2.24, 2.45) is 11.8 Å². The Bertz CT molecular complexity index is 399. The molecule has 0 aromatic rings. The van der Waals surface area contributed by atoms with Crippen LogP contribution in [0.1, 0.15) is 19.8 Å². The first kappa shape index (κ1) is 14.8. The van der Waals surface area contributed by atoms with Gasteiger partial charge in [-0.25, -0.2) is 4.79 Å². The van der Waals surface area contributed by atoms with Crippen molar-refractivity contribution in [3.63, 3.8) is 0 Å². The minimum absolute atomic E-state index is 0.0690. The number of amides is 2. The Kier molecular flexibility index (Phi) is 4.65. The van der Waals surface area contributed by atoms with Crippen LogP contribution in [0.25, 0.3) is 0 Å². The minimum atomic E-state index is -0.831. The van der Waals surface area contributed by atoms with E-state index >= 15 is 0 Å². The van der Waals surface area contributed by atoms with Crippen LogP contribution in [0.3, 0.4) is 0 Å². The highest BCUT2D eigenvalue weighted by atomic mass is 16.5. The van der Waals surface area contributed by atoms with Crippen molar-refractivity contribution in [1.29, 1.82) is 0 Å². The maximum Gasteiger partial charge on any atom is 0.317 e. The van der Waals surface area contributed by atoms with E-state index < -0.39 is 11.9 Å². The van der Waals surface area contributed by atoms with E-state index in [1.54, 1.807) is 11.0 Å². The molecule has 0 aromatic carbocycles. The summed E-state index contributed by atoms with van der Waals surface area (Å²) < 4.78 is 5.44. The molecule has 2 unspecified atom stereocenters. The zero-order chi connectivity index (χ0) is 14.7. The fourth-order valence-corrected chi connectivity index (χ4v) is 2.94. The number of carboxylic acid groups (broad SMARTS) is 1. The Morgan fingerprint density at radius 2 is 2.20 bits per heavy atom. The summed E-state index contributed by atoms with van der Waals surface area (Å²) in [5.74, 6) is -1.10. The van der Waals surface area contributed by atoms with Crippen molar-refractivity contribution in [2.75, 3.05) is 19.7 Å². The second-order valence-electron chi connectivity index (χ2n) is 5.70. The largest absolute Gasteiger partial charge is 0.481 e. The number of urea groups is 1. The van der Waals surface area contributed by atoms with Gasteiger partial charge in [0.25, 0.3) is 0 Å². The van der Waals surface area contributed by atoms with Gasteiger partial charge in [0.2, 0.25) is 0 Å². The van der Waals surface area contributed by atoms with Gasteiger partial charge in [-0.1, -0.05) is 13.0 Å². The molecule has 6 nitrogen and oxygen atoms in total. The molecule has 2 aliphatic rings.